The van der Waals surface area contributed by atoms with Gasteiger partial charge in [-0.15, -0.1) is 0 Å². The van der Waals surface area contributed by atoms with Gasteiger partial charge in [-0.1, -0.05) is 0 Å². The molecule has 4 rings (SSSR count). The molecule has 122 valence electrons. The van der Waals surface area contributed by atoms with Crippen molar-refractivity contribution in [2.45, 2.75) is 12.5 Å². The number of aromatic amines is 1. The van der Waals surface area contributed by atoms with Gasteiger partial charge in [-0.2, -0.15) is 5.10 Å². The third-order valence-corrected chi connectivity index (χ3v) is 4.01. The number of amides is 2. The molecule has 0 unspecified atom stereocenters. The van der Waals surface area contributed by atoms with Crippen molar-refractivity contribution in [2.24, 2.45) is 0 Å². The fraction of sp³-hybridized carbons (Fsp3) is 0.250. The van der Waals surface area contributed by atoms with Crippen molar-refractivity contribution < 1.29 is 4.79 Å². The van der Waals surface area contributed by atoms with Crippen LogP contribution in [-0.4, -0.2) is 45.3 Å². The fourth-order valence-corrected chi connectivity index (χ4v) is 2.76. The molecule has 8 heteroatoms. The van der Waals surface area contributed by atoms with Gasteiger partial charge >= 0.3 is 6.03 Å². The normalized spacial score (nSPS) is 17.1. The van der Waals surface area contributed by atoms with E-state index in [1.807, 2.05) is 12.1 Å². The number of urea groups is 1. The lowest BCUT2D eigenvalue weighted by molar-refractivity contribution is 0.249. The molecule has 3 aromatic rings. The quantitative estimate of drug-likeness (QED) is 0.584. The van der Waals surface area contributed by atoms with E-state index in [4.69, 9.17) is 0 Å². The first-order valence-corrected chi connectivity index (χ1v) is 7.82. The van der Waals surface area contributed by atoms with Crippen molar-refractivity contribution in [3.8, 4) is 11.1 Å². The summed E-state index contributed by atoms with van der Waals surface area (Å²) in [6, 6.07) is 5.44. The molecule has 1 fully saturated rings. The Labute approximate surface area is 138 Å². The molecule has 1 saturated heterocycles. The Kier molecular flexibility index (Phi) is 3.80. The topological polar surface area (TPSA) is 108 Å². The third kappa shape index (κ3) is 3.04. The number of carbonyl (C=O) groups excluding carboxylic acids is 1. The lowest BCUT2D eigenvalue weighted by Crippen LogP contribution is -2.39. The van der Waals surface area contributed by atoms with Crippen molar-refractivity contribution in [1.29, 1.82) is 0 Å². The summed E-state index contributed by atoms with van der Waals surface area (Å²) in [7, 11) is 0. The first-order chi connectivity index (χ1) is 11.8. The van der Waals surface area contributed by atoms with Crippen LogP contribution >= 0.6 is 0 Å². The molecule has 1 atom stereocenters. The molecule has 1 aliphatic rings. The zero-order valence-corrected chi connectivity index (χ0v) is 12.9. The maximum atomic E-state index is 12.0. The average molecular weight is 323 g/mol. The van der Waals surface area contributed by atoms with Crippen LogP contribution < -0.4 is 16.0 Å². The summed E-state index contributed by atoms with van der Waals surface area (Å²) < 4.78 is 0. The molecule has 0 radical (unpaired) electrons. The molecule has 4 N–H and O–H groups in total. The van der Waals surface area contributed by atoms with E-state index in [1.165, 1.54) is 0 Å². The van der Waals surface area contributed by atoms with Gasteiger partial charge in [0.2, 0.25) is 0 Å². The molecule has 4 heterocycles. The minimum absolute atomic E-state index is 0.166. The zero-order valence-electron chi connectivity index (χ0n) is 12.9. The number of carbonyl (C=O) groups is 1. The van der Waals surface area contributed by atoms with Gasteiger partial charge in [-0.25, -0.2) is 9.78 Å². The second-order valence-electron chi connectivity index (χ2n) is 5.73. The van der Waals surface area contributed by atoms with Crippen LogP contribution in [-0.2, 0) is 0 Å². The van der Waals surface area contributed by atoms with Crippen molar-refractivity contribution in [2.75, 3.05) is 18.4 Å². The van der Waals surface area contributed by atoms with Gasteiger partial charge < -0.3 is 10.6 Å². The van der Waals surface area contributed by atoms with Gasteiger partial charge in [0.25, 0.3) is 0 Å². The zero-order chi connectivity index (χ0) is 16.4. The number of nitrogens with zero attached hydrogens (tertiary/aromatic N) is 3. The molecule has 8 nitrogen and oxygen atoms in total. The summed E-state index contributed by atoms with van der Waals surface area (Å²) in [5, 5.41) is 15.6. The Balaban J connectivity index is 1.54. The highest BCUT2D eigenvalue weighted by Crippen LogP contribution is 2.21. The summed E-state index contributed by atoms with van der Waals surface area (Å²) in [5.74, 6) is 0.497. The molecule has 0 aromatic carbocycles. The second-order valence-corrected chi connectivity index (χ2v) is 5.73. The van der Waals surface area contributed by atoms with E-state index in [0.29, 0.717) is 11.3 Å². The molecule has 0 aliphatic carbocycles. The summed E-state index contributed by atoms with van der Waals surface area (Å²) in [5.41, 5.74) is 3.35. The standard InChI is InChI=1S/C16H17N7O/c24-16(21-12-3-4-17-9-12)23-15-2-1-13-14(22-15)5-10(6-18-13)11-7-19-20-8-11/h1-2,5-8,12,17H,3-4,9H2,(H,19,20)(H2,21,22,23,24)/t12-/m0/s1. The Morgan fingerprint density at radius 3 is 2.96 bits per heavy atom. The largest absolute Gasteiger partial charge is 0.334 e. The number of anilines is 1. The highest BCUT2D eigenvalue weighted by atomic mass is 16.2. The number of H-pyrrole nitrogens is 1. The minimum Gasteiger partial charge on any atom is -0.334 e. The molecule has 0 spiro atoms. The lowest BCUT2D eigenvalue weighted by atomic mass is 10.1. The monoisotopic (exact) mass is 323 g/mol. The lowest BCUT2D eigenvalue weighted by Gasteiger charge is -2.12. The second kappa shape index (κ2) is 6.25. The Hall–Kier alpha value is -3.00. The van der Waals surface area contributed by atoms with Gasteiger partial charge in [-0.05, 0) is 31.2 Å². The van der Waals surface area contributed by atoms with E-state index in [-0.39, 0.29) is 12.1 Å². The first-order valence-electron chi connectivity index (χ1n) is 7.82. The van der Waals surface area contributed by atoms with Crippen LogP contribution in [0.2, 0.25) is 0 Å². The highest BCUT2D eigenvalue weighted by Gasteiger charge is 2.16. The Morgan fingerprint density at radius 1 is 1.21 bits per heavy atom. The maximum Gasteiger partial charge on any atom is 0.320 e. The van der Waals surface area contributed by atoms with Crippen LogP contribution in [0.5, 0.6) is 0 Å². The van der Waals surface area contributed by atoms with Crippen LogP contribution in [0, 0.1) is 0 Å². The number of aromatic nitrogens is 4. The van der Waals surface area contributed by atoms with E-state index in [2.05, 4.69) is 36.1 Å². The number of fused-ring (bicyclic) bond motifs is 1. The van der Waals surface area contributed by atoms with E-state index in [9.17, 15) is 4.79 Å². The summed E-state index contributed by atoms with van der Waals surface area (Å²) in [4.78, 5) is 20.9. The van der Waals surface area contributed by atoms with E-state index in [0.717, 1.165) is 36.2 Å². The van der Waals surface area contributed by atoms with E-state index in [1.54, 1.807) is 24.7 Å². The van der Waals surface area contributed by atoms with Gasteiger partial charge in [0.05, 0.1) is 17.2 Å². The molecule has 2 amide bonds. The number of hydrogen-bond donors (Lipinski definition) is 4. The molecule has 1 aliphatic heterocycles. The predicted molar refractivity (Wildman–Crippen MR) is 90.5 cm³/mol. The molecular formula is C16H17N7O. The highest BCUT2D eigenvalue weighted by molar-refractivity contribution is 5.90. The molecule has 0 saturated carbocycles. The van der Waals surface area contributed by atoms with Crippen molar-refractivity contribution in [3.05, 3.63) is 36.8 Å². The van der Waals surface area contributed by atoms with Crippen molar-refractivity contribution >= 4 is 22.9 Å². The van der Waals surface area contributed by atoms with E-state index >= 15 is 0 Å². The van der Waals surface area contributed by atoms with Crippen LogP contribution in [0.25, 0.3) is 22.2 Å². The smallest absolute Gasteiger partial charge is 0.320 e. The molecule has 0 bridgehead atoms. The Bertz CT molecular complexity index is 856. The predicted octanol–water partition coefficient (Wildman–Crippen LogP) is 1.50. The minimum atomic E-state index is -0.241. The molecule has 24 heavy (non-hydrogen) atoms. The third-order valence-electron chi connectivity index (χ3n) is 4.01. The number of pyridine rings is 2. The maximum absolute atomic E-state index is 12.0. The number of hydrogen-bond acceptors (Lipinski definition) is 5. The van der Waals surface area contributed by atoms with Crippen molar-refractivity contribution in [3.63, 3.8) is 0 Å². The summed E-state index contributed by atoms with van der Waals surface area (Å²) in [6.07, 6.45) is 6.25. The fourth-order valence-electron chi connectivity index (χ4n) is 2.76. The first kappa shape index (κ1) is 14.6. The average Bonchev–Trinajstić information content (AvgIpc) is 3.27. The summed E-state index contributed by atoms with van der Waals surface area (Å²) >= 11 is 0. The SMILES string of the molecule is O=C(Nc1ccc2ncc(-c3cn[nH]c3)cc2n1)N[C@H]1CCNC1. The van der Waals surface area contributed by atoms with Gasteiger partial charge in [-0.3, -0.25) is 15.4 Å². The van der Waals surface area contributed by atoms with Crippen LogP contribution in [0.15, 0.2) is 36.8 Å². The van der Waals surface area contributed by atoms with Gasteiger partial charge in [0, 0.05) is 36.1 Å². The Morgan fingerprint density at radius 2 is 2.17 bits per heavy atom. The van der Waals surface area contributed by atoms with Crippen LogP contribution in [0.4, 0.5) is 10.6 Å². The van der Waals surface area contributed by atoms with Gasteiger partial charge in [0.15, 0.2) is 0 Å². The van der Waals surface area contributed by atoms with E-state index < -0.39 is 0 Å². The molecular weight excluding hydrogens is 306 g/mol. The number of nitrogens with one attached hydrogen (secondary N) is 4. The van der Waals surface area contributed by atoms with Crippen LogP contribution in [0.1, 0.15) is 6.42 Å². The van der Waals surface area contributed by atoms with Crippen LogP contribution in [0.3, 0.4) is 0 Å². The van der Waals surface area contributed by atoms with Gasteiger partial charge in [0.1, 0.15) is 5.82 Å². The summed E-state index contributed by atoms with van der Waals surface area (Å²) in [6.45, 7) is 1.73. The number of rotatable bonds is 3. The molecule has 3 aromatic heterocycles. The van der Waals surface area contributed by atoms with Crippen molar-refractivity contribution in [1.82, 2.24) is 30.8 Å².